The summed E-state index contributed by atoms with van der Waals surface area (Å²) in [4.78, 5) is 5.80. The Labute approximate surface area is 99.1 Å². The Bertz CT molecular complexity index is 590. The summed E-state index contributed by atoms with van der Waals surface area (Å²) in [6.07, 6.45) is 8.33. The number of aryl methyl sites for hydroxylation is 1. The largest absolute Gasteiger partial charge is 0.264 e. The Balaban J connectivity index is 2.36. The number of nitrogens with zero attached hydrogens (tertiary/aromatic N) is 1. The number of hydrogen-bond acceptors (Lipinski definition) is 2. The summed E-state index contributed by atoms with van der Waals surface area (Å²) in [5.74, 6) is 0. The van der Waals surface area contributed by atoms with Gasteiger partial charge in [-0.2, -0.15) is 0 Å². The average Bonchev–Trinajstić information content (AvgIpc) is 2.50. The molecule has 0 fully saturated rings. The van der Waals surface area contributed by atoms with Crippen molar-refractivity contribution < 1.29 is 0 Å². The minimum atomic E-state index is 1.15. The van der Waals surface area contributed by atoms with E-state index in [-0.39, 0.29) is 0 Å². The van der Waals surface area contributed by atoms with Crippen LogP contribution in [0.3, 0.4) is 0 Å². The lowest BCUT2D eigenvalue weighted by Crippen LogP contribution is -1.86. The minimum absolute atomic E-state index is 1.15. The van der Waals surface area contributed by atoms with Crippen molar-refractivity contribution >= 4 is 33.7 Å². The van der Waals surface area contributed by atoms with E-state index in [1.165, 1.54) is 32.5 Å². The quantitative estimate of drug-likeness (QED) is 0.727. The molecule has 0 spiro atoms. The summed E-state index contributed by atoms with van der Waals surface area (Å²) in [7, 11) is 0. The molecule has 0 radical (unpaired) electrons. The fourth-order valence-electron chi connectivity index (χ4n) is 2.18. The van der Waals surface area contributed by atoms with Crippen molar-refractivity contribution in [3.05, 3.63) is 40.4 Å². The van der Waals surface area contributed by atoms with E-state index in [9.17, 15) is 0 Å². The molecule has 1 aromatic carbocycles. The van der Waals surface area contributed by atoms with Gasteiger partial charge in [-0.25, -0.2) is 0 Å². The molecule has 0 aliphatic carbocycles. The Hall–Kier alpha value is -1.41. The molecule has 0 amide bonds. The molecule has 0 bridgehead atoms. The highest BCUT2D eigenvalue weighted by Gasteiger charge is 2.13. The highest BCUT2D eigenvalue weighted by atomic mass is 32.1. The first-order valence-corrected chi connectivity index (χ1v) is 6.46. The van der Waals surface area contributed by atoms with Gasteiger partial charge in [-0.05, 0) is 24.1 Å². The zero-order chi connectivity index (χ0) is 11.0. The highest BCUT2D eigenvalue weighted by Crippen LogP contribution is 2.35. The monoisotopic (exact) mass is 227 g/mol. The predicted octanol–water partition coefficient (Wildman–Crippen LogP) is 4.26. The van der Waals surface area contributed by atoms with Crippen molar-refractivity contribution in [3.63, 3.8) is 0 Å². The molecule has 2 heterocycles. The van der Waals surface area contributed by atoms with Crippen LogP contribution in [-0.2, 0) is 6.42 Å². The summed E-state index contributed by atoms with van der Waals surface area (Å²) < 4.78 is 1.38. The molecular weight excluding hydrogens is 214 g/mol. The molecule has 2 heteroatoms. The van der Waals surface area contributed by atoms with Crippen LogP contribution in [0, 0.1) is 0 Å². The third-order valence-corrected chi connectivity index (χ3v) is 4.11. The van der Waals surface area contributed by atoms with Crippen LogP contribution < -0.4 is 0 Å². The zero-order valence-corrected chi connectivity index (χ0v) is 10.1. The Morgan fingerprint density at radius 1 is 1.31 bits per heavy atom. The van der Waals surface area contributed by atoms with E-state index in [0.29, 0.717) is 0 Å². The SMILES string of the molecule is CCCc1sc2cccc3c2c1C=NC=C3. The fourth-order valence-corrected chi connectivity index (χ4v) is 3.49. The number of hydrogen-bond donors (Lipinski definition) is 0. The standard InChI is InChI=1S/C14H13NS/c1-2-4-12-11-9-15-8-7-10-5-3-6-13(16-12)14(10)11/h3,5-9H,2,4H2,1H3. The van der Waals surface area contributed by atoms with Crippen molar-refractivity contribution in [2.45, 2.75) is 19.8 Å². The predicted molar refractivity (Wildman–Crippen MR) is 72.4 cm³/mol. The first-order valence-electron chi connectivity index (χ1n) is 5.64. The average molecular weight is 227 g/mol. The third kappa shape index (κ3) is 1.41. The van der Waals surface area contributed by atoms with Gasteiger partial charge in [0, 0.05) is 32.9 Å². The Kier molecular flexibility index (Phi) is 2.37. The van der Waals surface area contributed by atoms with E-state index in [4.69, 9.17) is 0 Å². The van der Waals surface area contributed by atoms with Gasteiger partial charge >= 0.3 is 0 Å². The number of benzene rings is 1. The first-order chi connectivity index (χ1) is 7.90. The van der Waals surface area contributed by atoms with Crippen LogP contribution in [0.5, 0.6) is 0 Å². The van der Waals surface area contributed by atoms with Crippen LogP contribution in [0.1, 0.15) is 29.3 Å². The van der Waals surface area contributed by atoms with Crippen LogP contribution in [-0.4, -0.2) is 6.21 Å². The molecule has 2 aromatic rings. The maximum Gasteiger partial charge on any atom is 0.0358 e. The van der Waals surface area contributed by atoms with Gasteiger partial charge < -0.3 is 0 Å². The lowest BCUT2D eigenvalue weighted by Gasteiger charge is -1.97. The fraction of sp³-hybridized carbons (Fsp3) is 0.214. The van der Waals surface area contributed by atoms with E-state index < -0.39 is 0 Å². The second-order valence-corrected chi connectivity index (χ2v) is 5.14. The molecule has 80 valence electrons. The number of aliphatic imine (C=N–C) groups is 1. The topological polar surface area (TPSA) is 12.4 Å². The van der Waals surface area contributed by atoms with Gasteiger partial charge in [0.2, 0.25) is 0 Å². The molecule has 16 heavy (non-hydrogen) atoms. The molecule has 1 aromatic heterocycles. The van der Waals surface area contributed by atoms with Crippen molar-refractivity contribution in [3.8, 4) is 0 Å². The van der Waals surface area contributed by atoms with Gasteiger partial charge in [0.05, 0.1) is 0 Å². The summed E-state index contributed by atoms with van der Waals surface area (Å²) in [6, 6.07) is 6.50. The second kappa shape index (κ2) is 3.87. The Morgan fingerprint density at radius 3 is 3.12 bits per heavy atom. The van der Waals surface area contributed by atoms with Crippen LogP contribution in [0.2, 0.25) is 0 Å². The van der Waals surface area contributed by atoms with Gasteiger partial charge in [-0.1, -0.05) is 25.5 Å². The summed E-state index contributed by atoms with van der Waals surface area (Å²) in [5.41, 5.74) is 2.63. The summed E-state index contributed by atoms with van der Waals surface area (Å²) in [5, 5.41) is 1.38. The lowest BCUT2D eigenvalue weighted by atomic mass is 10.0. The van der Waals surface area contributed by atoms with Crippen molar-refractivity contribution in [2.75, 3.05) is 0 Å². The zero-order valence-electron chi connectivity index (χ0n) is 9.23. The van der Waals surface area contributed by atoms with Crippen molar-refractivity contribution in [2.24, 2.45) is 4.99 Å². The molecule has 1 aliphatic rings. The van der Waals surface area contributed by atoms with Gasteiger partial charge in [0.1, 0.15) is 0 Å². The van der Waals surface area contributed by atoms with Gasteiger partial charge in [-0.15, -0.1) is 11.3 Å². The van der Waals surface area contributed by atoms with Crippen LogP contribution >= 0.6 is 11.3 Å². The molecule has 1 aliphatic heterocycles. The maximum atomic E-state index is 4.33. The molecule has 3 rings (SSSR count). The normalized spacial score (nSPS) is 13.3. The van der Waals surface area contributed by atoms with Crippen molar-refractivity contribution in [1.29, 1.82) is 0 Å². The van der Waals surface area contributed by atoms with Gasteiger partial charge in [0.15, 0.2) is 0 Å². The van der Waals surface area contributed by atoms with E-state index in [1.807, 2.05) is 23.8 Å². The third-order valence-electron chi connectivity index (χ3n) is 2.88. The minimum Gasteiger partial charge on any atom is -0.264 e. The molecular formula is C14H13NS. The molecule has 0 atom stereocenters. The highest BCUT2D eigenvalue weighted by molar-refractivity contribution is 7.19. The summed E-state index contributed by atoms with van der Waals surface area (Å²) in [6.45, 7) is 2.23. The number of rotatable bonds is 2. The maximum absolute atomic E-state index is 4.33. The van der Waals surface area contributed by atoms with Crippen LogP contribution in [0.4, 0.5) is 0 Å². The number of thiophene rings is 1. The van der Waals surface area contributed by atoms with E-state index in [1.54, 1.807) is 0 Å². The molecule has 0 saturated heterocycles. The van der Waals surface area contributed by atoms with E-state index in [2.05, 4.69) is 36.2 Å². The van der Waals surface area contributed by atoms with E-state index in [0.717, 1.165) is 6.42 Å². The Morgan fingerprint density at radius 2 is 2.25 bits per heavy atom. The van der Waals surface area contributed by atoms with Crippen LogP contribution in [0.25, 0.3) is 16.2 Å². The van der Waals surface area contributed by atoms with Gasteiger partial charge in [0.25, 0.3) is 0 Å². The first kappa shape index (κ1) is 9.79. The molecule has 0 saturated carbocycles. The molecule has 0 unspecified atom stereocenters. The lowest BCUT2D eigenvalue weighted by molar-refractivity contribution is 0.939. The summed E-state index contributed by atoms with van der Waals surface area (Å²) >= 11 is 1.91. The molecule has 1 nitrogen and oxygen atoms in total. The van der Waals surface area contributed by atoms with Gasteiger partial charge in [-0.3, -0.25) is 4.99 Å². The van der Waals surface area contributed by atoms with Crippen LogP contribution in [0.15, 0.2) is 29.4 Å². The van der Waals surface area contributed by atoms with E-state index >= 15 is 0 Å². The van der Waals surface area contributed by atoms with Crippen molar-refractivity contribution in [1.82, 2.24) is 0 Å². The smallest absolute Gasteiger partial charge is 0.0358 e. The second-order valence-electron chi connectivity index (χ2n) is 4.00. The molecule has 0 N–H and O–H groups in total.